The van der Waals surface area contributed by atoms with E-state index >= 15 is 0 Å². The van der Waals surface area contributed by atoms with Crippen molar-refractivity contribution in [2.24, 2.45) is 0 Å². The molecule has 4 rings (SSSR count). The maximum Gasteiger partial charge on any atom is 0.187 e. The maximum atomic E-state index is 13.7. The summed E-state index contributed by atoms with van der Waals surface area (Å²) in [5, 5.41) is 9.26. The third-order valence-corrected chi connectivity index (χ3v) is 4.18. The third-order valence-electron chi connectivity index (χ3n) is 4.18. The molecule has 0 spiro atoms. The molecular weight excluding hydrogens is 282 g/mol. The number of benzene rings is 3. The molecule has 3 aromatic rings. The molecule has 0 fully saturated rings. The van der Waals surface area contributed by atoms with Gasteiger partial charge in [0.25, 0.3) is 0 Å². The minimum Gasteiger partial charge on any atom is -0.503 e. The zero-order valence-electron chi connectivity index (χ0n) is 11.6. The molecule has 3 heteroatoms. The molecule has 22 heavy (non-hydrogen) atoms. The predicted octanol–water partition coefficient (Wildman–Crippen LogP) is 4.91. The van der Waals surface area contributed by atoms with Gasteiger partial charge in [0.1, 0.15) is 0 Å². The van der Waals surface area contributed by atoms with Gasteiger partial charge in [0.15, 0.2) is 17.4 Å². The standard InChI is InChI=1S/C19H12F2O/c20-17-9-12(10-18(21)19(17)22)14-6-3-7-15-13-5-2-1-4-11(13)8-16(14)15/h1-7,9-10,22H,8H2. The van der Waals surface area contributed by atoms with Crippen molar-refractivity contribution in [2.75, 3.05) is 0 Å². The predicted molar refractivity (Wildman–Crippen MR) is 81.7 cm³/mol. The molecule has 0 unspecified atom stereocenters. The van der Waals surface area contributed by atoms with Crippen LogP contribution in [0.5, 0.6) is 5.75 Å². The highest BCUT2D eigenvalue weighted by atomic mass is 19.1. The minimum absolute atomic E-state index is 0.442. The number of rotatable bonds is 1. The van der Waals surface area contributed by atoms with Crippen LogP contribution in [0.3, 0.4) is 0 Å². The number of phenolic OH excluding ortho intramolecular Hbond substituents is 1. The van der Waals surface area contributed by atoms with Crippen molar-refractivity contribution in [1.82, 2.24) is 0 Å². The molecule has 1 aliphatic carbocycles. The molecule has 1 N–H and O–H groups in total. The number of aromatic hydroxyl groups is 1. The number of fused-ring (bicyclic) bond motifs is 3. The second kappa shape index (κ2) is 4.67. The molecule has 0 aromatic heterocycles. The second-order valence-corrected chi connectivity index (χ2v) is 5.45. The molecule has 0 heterocycles. The first-order valence-corrected chi connectivity index (χ1v) is 7.03. The Morgan fingerprint density at radius 1 is 0.773 bits per heavy atom. The molecule has 0 saturated carbocycles. The Hall–Kier alpha value is -2.68. The second-order valence-electron chi connectivity index (χ2n) is 5.45. The van der Waals surface area contributed by atoms with Gasteiger partial charge in [0.05, 0.1) is 0 Å². The zero-order chi connectivity index (χ0) is 15.3. The van der Waals surface area contributed by atoms with E-state index < -0.39 is 17.4 Å². The molecular formula is C19H12F2O. The van der Waals surface area contributed by atoms with E-state index in [0.29, 0.717) is 5.56 Å². The van der Waals surface area contributed by atoms with Crippen molar-refractivity contribution in [1.29, 1.82) is 0 Å². The van der Waals surface area contributed by atoms with Crippen molar-refractivity contribution < 1.29 is 13.9 Å². The lowest BCUT2D eigenvalue weighted by Crippen LogP contribution is -1.91. The maximum absolute atomic E-state index is 13.7. The fraction of sp³-hybridized carbons (Fsp3) is 0.0526. The Labute approximate surface area is 126 Å². The van der Waals surface area contributed by atoms with Crippen LogP contribution in [0.1, 0.15) is 11.1 Å². The number of hydrogen-bond acceptors (Lipinski definition) is 1. The van der Waals surface area contributed by atoms with E-state index in [1.807, 2.05) is 30.3 Å². The highest BCUT2D eigenvalue weighted by Gasteiger charge is 2.22. The van der Waals surface area contributed by atoms with Crippen LogP contribution in [-0.2, 0) is 6.42 Å². The van der Waals surface area contributed by atoms with E-state index in [0.717, 1.165) is 23.1 Å². The van der Waals surface area contributed by atoms with Gasteiger partial charge in [-0.25, -0.2) is 8.78 Å². The smallest absolute Gasteiger partial charge is 0.187 e. The Morgan fingerprint density at radius 3 is 2.18 bits per heavy atom. The Morgan fingerprint density at radius 2 is 1.41 bits per heavy atom. The number of halogens is 2. The largest absolute Gasteiger partial charge is 0.503 e. The third kappa shape index (κ3) is 1.82. The molecule has 0 aliphatic heterocycles. The van der Waals surface area contributed by atoms with Gasteiger partial charge >= 0.3 is 0 Å². The number of hydrogen-bond donors (Lipinski definition) is 1. The first-order valence-electron chi connectivity index (χ1n) is 7.03. The van der Waals surface area contributed by atoms with E-state index in [2.05, 4.69) is 12.1 Å². The van der Waals surface area contributed by atoms with E-state index in [9.17, 15) is 13.9 Å². The number of phenols is 1. The first kappa shape index (κ1) is 13.0. The van der Waals surface area contributed by atoms with Crippen molar-refractivity contribution in [3.05, 3.63) is 77.4 Å². The monoisotopic (exact) mass is 294 g/mol. The highest BCUT2D eigenvalue weighted by Crippen LogP contribution is 2.42. The summed E-state index contributed by atoms with van der Waals surface area (Å²) in [4.78, 5) is 0. The van der Waals surface area contributed by atoms with Gasteiger partial charge in [0, 0.05) is 0 Å². The van der Waals surface area contributed by atoms with Crippen LogP contribution in [0.4, 0.5) is 8.78 Å². The van der Waals surface area contributed by atoms with Gasteiger partial charge < -0.3 is 5.11 Å². The van der Waals surface area contributed by atoms with Crippen LogP contribution in [0, 0.1) is 11.6 Å². The molecule has 108 valence electrons. The van der Waals surface area contributed by atoms with E-state index in [4.69, 9.17) is 0 Å². The molecule has 1 nitrogen and oxygen atoms in total. The van der Waals surface area contributed by atoms with E-state index in [1.54, 1.807) is 0 Å². The van der Waals surface area contributed by atoms with Crippen LogP contribution in [-0.4, -0.2) is 5.11 Å². The first-order chi connectivity index (χ1) is 10.6. The zero-order valence-corrected chi connectivity index (χ0v) is 11.6. The van der Waals surface area contributed by atoms with Gasteiger partial charge in [0.2, 0.25) is 0 Å². The Balaban J connectivity index is 1.93. The molecule has 0 amide bonds. The minimum atomic E-state index is -0.942. The van der Waals surface area contributed by atoms with Crippen molar-refractivity contribution in [3.8, 4) is 28.0 Å². The summed E-state index contributed by atoms with van der Waals surface area (Å²) >= 11 is 0. The Kier molecular flexibility index (Phi) is 2.76. The van der Waals surface area contributed by atoms with Gasteiger partial charge in [-0.3, -0.25) is 0 Å². The quantitative estimate of drug-likeness (QED) is 0.529. The van der Waals surface area contributed by atoms with Gasteiger partial charge in [-0.1, -0.05) is 42.5 Å². The van der Waals surface area contributed by atoms with Crippen molar-refractivity contribution in [3.63, 3.8) is 0 Å². The van der Waals surface area contributed by atoms with E-state index in [1.165, 1.54) is 23.3 Å². The van der Waals surface area contributed by atoms with Crippen molar-refractivity contribution in [2.45, 2.75) is 6.42 Å². The SMILES string of the molecule is Oc1c(F)cc(-c2cccc3c2Cc2ccccc2-3)cc1F. The Bertz CT molecular complexity index is 877. The summed E-state index contributed by atoms with van der Waals surface area (Å²) in [6.45, 7) is 0. The lowest BCUT2D eigenvalue weighted by atomic mass is 9.95. The molecule has 1 aliphatic rings. The fourth-order valence-corrected chi connectivity index (χ4v) is 3.15. The molecule has 0 radical (unpaired) electrons. The average molecular weight is 294 g/mol. The summed E-state index contributed by atoms with van der Waals surface area (Å²) < 4.78 is 27.3. The topological polar surface area (TPSA) is 20.2 Å². The average Bonchev–Trinajstić information content (AvgIpc) is 2.90. The van der Waals surface area contributed by atoms with E-state index in [-0.39, 0.29) is 0 Å². The molecule has 0 atom stereocenters. The fourth-order valence-electron chi connectivity index (χ4n) is 3.15. The van der Waals surface area contributed by atoms with Crippen LogP contribution >= 0.6 is 0 Å². The van der Waals surface area contributed by atoms with Crippen LogP contribution in [0.25, 0.3) is 22.3 Å². The lowest BCUT2D eigenvalue weighted by molar-refractivity contribution is 0.396. The van der Waals surface area contributed by atoms with Gasteiger partial charge in [-0.15, -0.1) is 0 Å². The van der Waals surface area contributed by atoms with Crippen LogP contribution in [0.2, 0.25) is 0 Å². The molecule has 3 aromatic carbocycles. The molecule has 0 bridgehead atoms. The van der Waals surface area contributed by atoms with Crippen molar-refractivity contribution >= 4 is 0 Å². The van der Waals surface area contributed by atoms with Gasteiger partial charge in [-0.2, -0.15) is 0 Å². The summed E-state index contributed by atoms with van der Waals surface area (Å²) in [6, 6.07) is 16.2. The normalized spacial score (nSPS) is 12.1. The van der Waals surface area contributed by atoms with Crippen LogP contribution in [0.15, 0.2) is 54.6 Å². The summed E-state index contributed by atoms with van der Waals surface area (Å²) in [6.07, 6.45) is 0.742. The summed E-state index contributed by atoms with van der Waals surface area (Å²) in [7, 11) is 0. The molecule has 0 saturated heterocycles. The van der Waals surface area contributed by atoms with Crippen LogP contribution < -0.4 is 0 Å². The summed E-state index contributed by atoms with van der Waals surface area (Å²) in [5.74, 6) is -2.81. The summed E-state index contributed by atoms with van der Waals surface area (Å²) in [5.41, 5.74) is 5.78. The van der Waals surface area contributed by atoms with Gasteiger partial charge in [-0.05, 0) is 51.9 Å². The highest BCUT2D eigenvalue weighted by molar-refractivity contribution is 5.84. The lowest BCUT2D eigenvalue weighted by Gasteiger charge is -2.10.